The number of hydrogen-bond acceptors (Lipinski definition) is 8. The second-order valence-electron chi connectivity index (χ2n) is 7.94. The van der Waals surface area contributed by atoms with E-state index in [1.54, 1.807) is 32.0 Å². The Labute approximate surface area is 209 Å². The Bertz CT molecular complexity index is 1540. The summed E-state index contributed by atoms with van der Waals surface area (Å²) in [6.07, 6.45) is 0. The van der Waals surface area contributed by atoms with Gasteiger partial charge >= 0.3 is 5.97 Å². The van der Waals surface area contributed by atoms with Crippen molar-refractivity contribution in [3.63, 3.8) is 0 Å². The average molecular weight is 504 g/mol. The van der Waals surface area contributed by atoms with E-state index in [1.807, 2.05) is 30.3 Å². The summed E-state index contributed by atoms with van der Waals surface area (Å²) in [6.45, 7) is 3.56. The van der Waals surface area contributed by atoms with Gasteiger partial charge in [-0.2, -0.15) is 0 Å². The maximum atomic E-state index is 13.6. The number of carbonyl (C=O) groups is 3. The number of carbonyl (C=O) groups excluding carboxylic acids is 3. The molecule has 1 aliphatic rings. The molecule has 0 unspecified atom stereocenters. The third-order valence-electron chi connectivity index (χ3n) is 5.71. The summed E-state index contributed by atoms with van der Waals surface area (Å²) in [6, 6.07) is 14.4. The number of hydrogen-bond donors (Lipinski definition) is 2. The largest absolute Gasteiger partial charge is 0.462 e. The number of primary amides is 1. The molecular weight excluding hydrogens is 482 g/mol. The van der Waals surface area contributed by atoms with Gasteiger partial charge in [-0.15, -0.1) is 11.3 Å². The second kappa shape index (κ2) is 9.31. The van der Waals surface area contributed by atoms with E-state index in [2.05, 4.69) is 5.32 Å². The van der Waals surface area contributed by atoms with Gasteiger partial charge in [-0.05, 0) is 49.7 Å². The van der Waals surface area contributed by atoms with Crippen LogP contribution in [0.4, 0.5) is 5.00 Å². The van der Waals surface area contributed by atoms with E-state index >= 15 is 0 Å². The zero-order valence-electron chi connectivity index (χ0n) is 19.4. The lowest BCUT2D eigenvalue weighted by Gasteiger charge is -2.11. The van der Waals surface area contributed by atoms with Crippen LogP contribution in [0.25, 0.3) is 22.2 Å². The summed E-state index contributed by atoms with van der Waals surface area (Å²) in [4.78, 5) is 43.0. The number of para-hydroxylation sites is 1. The van der Waals surface area contributed by atoms with Gasteiger partial charge in [-0.3, -0.25) is 9.59 Å². The first-order valence-corrected chi connectivity index (χ1v) is 11.9. The number of rotatable bonds is 6. The van der Waals surface area contributed by atoms with Crippen molar-refractivity contribution in [2.75, 3.05) is 18.7 Å². The van der Waals surface area contributed by atoms with E-state index in [-0.39, 0.29) is 28.8 Å². The van der Waals surface area contributed by atoms with Crippen molar-refractivity contribution in [2.24, 2.45) is 5.73 Å². The van der Waals surface area contributed by atoms with Crippen LogP contribution in [0.15, 0.2) is 48.5 Å². The van der Waals surface area contributed by atoms with Crippen molar-refractivity contribution in [1.82, 2.24) is 4.98 Å². The lowest BCUT2D eigenvalue weighted by molar-refractivity contribution is 0.0527. The lowest BCUT2D eigenvalue weighted by Crippen LogP contribution is -2.16. The maximum Gasteiger partial charge on any atom is 0.341 e. The van der Waals surface area contributed by atoms with Crippen molar-refractivity contribution in [2.45, 2.75) is 13.8 Å². The number of amides is 2. The number of benzene rings is 2. The Morgan fingerprint density at radius 2 is 1.89 bits per heavy atom. The van der Waals surface area contributed by atoms with Crippen molar-refractivity contribution in [3.05, 3.63) is 70.1 Å². The Morgan fingerprint density at radius 1 is 1.11 bits per heavy atom. The molecule has 2 aromatic heterocycles. The molecular formula is C26H21N3O6S. The summed E-state index contributed by atoms with van der Waals surface area (Å²) in [5.41, 5.74) is 8.22. The van der Waals surface area contributed by atoms with Gasteiger partial charge in [0, 0.05) is 10.9 Å². The topological polar surface area (TPSA) is 130 Å². The fourth-order valence-corrected chi connectivity index (χ4v) is 5.07. The molecule has 4 aromatic rings. The van der Waals surface area contributed by atoms with Gasteiger partial charge in [0.05, 0.1) is 33.8 Å². The highest BCUT2D eigenvalue weighted by Crippen LogP contribution is 2.37. The molecule has 0 radical (unpaired) electrons. The molecule has 36 heavy (non-hydrogen) atoms. The van der Waals surface area contributed by atoms with Gasteiger partial charge in [0.15, 0.2) is 11.5 Å². The minimum absolute atomic E-state index is 0.110. The van der Waals surface area contributed by atoms with Crippen molar-refractivity contribution in [1.29, 1.82) is 0 Å². The number of anilines is 1. The molecule has 0 bridgehead atoms. The van der Waals surface area contributed by atoms with E-state index in [0.29, 0.717) is 39.2 Å². The quantitative estimate of drug-likeness (QED) is 0.370. The van der Waals surface area contributed by atoms with E-state index in [0.717, 1.165) is 16.9 Å². The van der Waals surface area contributed by atoms with Gasteiger partial charge in [-0.25, -0.2) is 9.78 Å². The SMILES string of the molecule is CCOC(=O)c1c(NC(=O)c2cc(-c3ccc4c(c3)OCO4)nc3ccccc23)sc(C(N)=O)c1C. The predicted octanol–water partition coefficient (Wildman–Crippen LogP) is 4.53. The zero-order chi connectivity index (χ0) is 25.4. The number of aromatic nitrogens is 1. The van der Waals surface area contributed by atoms with Crippen LogP contribution in [-0.4, -0.2) is 36.2 Å². The minimum Gasteiger partial charge on any atom is -0.462 e. The van der Waals surface area contributed by atoms with E-state index in [9.17, 15) is 14.4 Å². The number of nitrogens with zero attached hydrogens (tertiary/aromatic N) is 1. The molecule has 0 aliphatic carbocycles. The molecule has 0 fully saturated rings. The predicted molar refractivity (Wildman–Crippen MR) is 135 cm³/mol. The summed E-state index contributed by atoms with van der Waals surface area (Å²) in [7, 11) is 0. The molecule has 0 saturated heterocycles. The average Bonchev–Trinajstić information content (AvgIpc) is 3.47. The first kappa shape index (κ1) is 23.3. The molecule has 182 valence electrons. The highest BCUT2D eigenvalue weighted by molar-refractivity contribution is 7.18. The van der Waals surface area contributed by atoms with Crippen molar-refractivity contribution >= 4 is 45.0 Å². The highest BCUT2D eigenvalue weighted by atomic mass is 32.1. The Hall–Kier alpha value is -4.44. The van der Waals surface area contributed by atoms with Crippen LogP contribution in [0.3, 0.4) is 0 Å². The molecule has 2 aromatic carbocycles. The Kier molecular flexibility index (Phi) is 6.03. The van der Waals surface area contributed by atoms with Gasteiger partial charge in [0.25, 0.3) is 11.8 Å². The maximum absolute atomic E-state index is 13.6. The molecule has 0 spiro atoms. The number of fused-ring (bicyclic) bond motifs is 2. The fraction of sp³-hybridized carbons (Fsp3) is 0.154. The van der Waals surface area contributed by atoms with Crippen LogP contribution in [0.2, 0.25) is 0 Å². The minimum atomic E-state index is -0.692. The normalized spacial score (nSPS) is 11.9. The first-order chi connectivity index (χ1) is 17.4. The Morgan fingerprint density at radius 3 is 2.67 bits per heavy atom. The molecule has 9 nitrogen and oxygen atoms in total. The number of nitrogens with one attached hydrogen (secondary N) is 1. The number of pyridine rings is 1. The van der Waals surface area contributed by atoms with Crippen LogP contribution in [0, 0.1) is 6.92 Å². The van der Waals surface area contributed by atoms with Gasteiger partial charge in [-0.1, -0.05) is 18.2 Å². The summed E-state index contributed by atoms with van der Waals surface area (Å²) >= 11 is 0.937. The number of esters is 1. The number of nitrogens with two attached hydrogens (primary N) is 1. The first-order valence-electron chi connectivity index (χ1n) is 11.1. The summed E-state index contributed by atoms with van der Waals surface area (Å²) < 4.78 is 16.0. The van der Waals surface area contributed by atoms with E-state index in [1.165, 1.54) is 0 Å². The van der Waals surface area contributed by atoms with Crippen LogP contribution in [0.1, 0.15) is 42.9 Å². The number of thiophene rings is 1. The molecule has 5 rings (SSSR count). The van der Waals surface area contributed by atoms with Gasteiger partial charge in [0.1, 0.15) is 5.00 Å². The van der Waals surface area contributed by atoms with Gasteiger partial charge in [0.2, 0.25) is 6.79 Å². The van der Waals surface area contributed by atoms with Crippen LogP contribution in [0.5, 0.6) is 11.5 Å². The summed E-state index contributed by atoms with van der Waals surface area (Å²) in [5, 5.41) is 3.61. The molecule has 3 N–H and O–H groups in total. The Balaban J connectivity index is 1.59. The van der Waals surface area contributed by atoms with Crippen LogP contribution < -0.4 is 20.5 Å². The van der Waals surface area contributed by atoms with E-state index < -0.39 is 17.8 Å². The standard InChI is InChI=1S/C26H21N3O6S/c1-3-33-26(32)21-13(2)22(23(27)30)36-25(21)29-24(31)16-11-18(28-17-7-5-4-6-15(16)17)14-8-9-19-20(10-14)35-12-34-19/h4-11H,3,12H2,1-2H3,(H2,27,30)(H,29,31). The van der Waals surface area contributed by atoms with E-state index in [4.69, 9.17) is 24.9 Å². The van der Waals surface area contributed by atoms with Gasteiger partial charge < -0.3 is 25.3 Å². The van der Waals surface area contributed by atoms with Crippen molar-refractivity contribution < 1.29 is 28.6 Å². The molecule has 0 saturated carbocycles. The molecule has 0 atom stereocenters. The third kappa shape index (κ3) is 4.11. The molecule has 1 aliphatic heterocycles. The van der Waals surface area contributed by atoms with Crippen LogP contribution in [-0.2, 0) is 4.74 Å². The highest BCUT2D eigenvalue weighted by Gasteiger charge is 2.27. The molecule has 3 heterocycles. The third-order valence-corrected chi connectivity index (χ3v) is 6.93. The smallest absolute Gasteiger partial charge is 0.341 e. The van der Waals surface area contributed by atoms with Crippen LogP contribution >= 0.6 is 11.3 Å². The fourth-order valence-electron chi connectivity index (χ4n) is 4.02. The number of ether oxygens (including phenoxy) is 3. The van der Waals surface area contributed by atoms with Crippen molar-refractivity contribution in [3.8, 4) is 22.8 Å². The lowest BCUT2D eigenvalue weighted by atomic mass is 10.0. The molecule has 10 heteroatoms. The second-order valence-corrected chi connectivity index (χ2v) is 8.96. The summed E-state index contributed by atoms with van der Waals surface area (Å²) in [5.74, 6) is -0.570. The monoisotopic (exact) mass is 503 g/mol. The zero-order valence-corrected chi connectivity index (χ0v) is 20.2. The molecule has 2 amide bonds.